The first kappa shape index (κ1) is 16.3. The minimum atomic E-state index is -0.166. The number of fused-ring (bicyclic) bond motifs is 1. The van der Waals surface area contributed by atoms with Gasteiger partial charge in [-0.3, -0.25) is 9.78 Å². The Balaban J connectivity index is 1.66. The highest BCUT2D eigenvalue weighted by atomic mass is 79.9. The van der Waals surface area contributed by atoms with Gasteiger partial charge in [-0.25, -0.2) is 4.98 Å². The fraction of sp³-hybridized carbons (Fsp3) is 0.105. The highest BCUT2D eigenvalue weighted by Gasteiger charge is 2.07. The van der Waals surface area contributed by atoms with Gasteiger partial charge < -0.3 is 5.32 Å². The molecule has 1 aromatic heterocycles. The first-order valence-electron chi connectivity index (χ1n) is 7.57. The molecule has 0 saturated carbocycles. The second kappa shape index (κ2) is 7.36. The number of nitrogens with zero attached hydrogens (tertiary/aromatic N) is 2. The number of nitrogens with one attached hydrogen (secondary N) is 1. The summed E-state index contributed by atoms with van der Waals surface area (Å²) in [5.74, 6) is -0.166. The van der Waals surface area contributed by atoms with Crippen LogP contribution in [-0.4, -0.2) is 15.9 Å². The molecule has 24 heavy (non-hydrogen) atoms. The Morgan fingerprint density at radius 1 is 1.12 bits per heavy atom. The summed E-state index contributed by atoms with van der Waals surface area (Å²) in [4.78, 5) is 20.9. The predicted octanol–water partition coefficient (Wildman–Crippen LogP) is 4.28. The average molecular weight is 382 g/mol. The fourth-order valence-corrected chi connectivity index (χ4v) is 2.57. The molecule has 0 spiro atoms. The Hall–Kier alpha value is -2.53. The quantitative estimate of drug-likeness (QED) is 0.686. The van der Waals surface area contributed by atoms with Gasteiger partial charge in [-0.2, -0.15) is 0 Å². The molecule has 1 heterocycles. The molecule has 0 saturated heterocycles. The monoisotopic (exact) mass is 381 g/mol. The topological polar surface area (TPSA) is 54.9 Å². The van der Waals surface area contributed by atoms with Gasteiger partial charge in [0.05, 0.1) is 29.0 Å². The molecule has 4 nitrogen and oxygen atoms in total. The molecule has 0 aliphatic heterocycles. The van der Waals surface area contributed by atoms with Gasteiger partial charge in [0.2, 0.25) is 5.91 Å². The van der Waals surface area contributed by atoms with Crippen LogP contribution in [0, 0.1) is 0 Å². The molecule has 2 aromatic carbocycles. The summed E-state index contributed by atoms with van der Waals surface area (Å²) in [6.07, 6.45) is 4.81. The van der Waals surface area contributed by atoms with Gasteiger partial charge in [0, 0.05) is 10.5 Å². The lowest BCUT2D eigenvalue weighted by molar-refractivity contribution is -0.117. The molecule has 1 amide bonds. The number of halogens is 1. The van der Waals surface area contributed by atoms with Crippen LogP contribution in [-0.2, 0) is 4.79 Å². The van der Waals surface area contributed by atoms with Crippen molar-refractivity contribution < 1.29 is 4.79 Å². The zero-order valence-electron chi connectivity index (χ0n) is 13.1. The van der Waals surface area contributed by atoms with E-state index in [1.807, 2.05) is 55.5 Å². The summed E-state index contributed by atoms with van der Waals surface area (Å²) >= 11 is 3.40. The highest BCUT2D eigenvalue weighted by Crippen LogP contribution is 2.16. The van der Waals surface area contributed by atoms with Crippen LogP contribution in [0.5, 0.6) is 0 Å². The molecule has 1 N–H and O–H groups in total. The Bertz CT molecular complexity index is 891. The van der Waals surface area contributed by atoms with Crippen molar-refractivity contribution in [3.8, 4) is 0 Å². The van der Waals surface area contributed by atoms with E-state index < -0.39 is 0 Å². The lowest BCUT2D eigenvalue weighted by Crippen LogP contribution is -2.24. The lowest BCUT2D eigenvalue weighted by Gasteiger charge is -2.12. The molecule has 5 heteroatoms. The standard InChI is InChI=1S/C19H16BrN3O/c1-13(14-6-8-15(20)9-7-14)22-19(24)11-10-16-12-21-17-4-2-3-5-18(17)23-16/h2-13H,1H3,(H,22,24). The number of carbonyl (C=O) groups excluding carboxylic acids is 1. The molecule has 1 atom stereocenters. The van der Waals surface area contributed by atoms with Gasteiger partial charge in [0.1, 0.15) is 0 Å². The number of para-hydroxylation sites is 2. The van der Waals surface area contributed by atoms with Crippen LogP contribution in [0.3, 0.4) is 0 Å². The van der Waals surface area contributed by atoms with Crippen molar-refractivity contribution in [2.75, 3.05) is 0 Å². The van der Waals surface area contributed by atoms with E-state index in [0.29, 0.717) is 5.69 Å². The minimum Gasteiger partial charge on any atom is -0.346 e. The van der Waals surface area contributed by atoms with Crippen LogP contribution in [0.15, 0.2) is 65.3 Å². The summed E-state index contributed by atoms with van der Waals surface area (Å²) in [7, 11) is 0. The Labute approximate surface area is 148 Å². The zero-order chi connectivity index (χ0) is 16.9. The summed E-state index contributed by atoms with van der Waals surface area (Å²) in [5, 5.41) is 2.93. The predicted molar refractivity (Wildman–Crippen MR) is 99.3 cm³/mol. The number of hydrogen-bond acceptors (Lipinski definition) is 3. The SMILES string of the molecule is CC(NC(=O)C=Cc1cnc2ccccc2n1)c1ccc(Br)cc1. The minimum absolute atomic E-state index is 0.0714. The number of aromatic nitrogens is 2. The van der Waals surface area contributed by atoms with Crippen molar-refractivity contribution in [1.82, 2.24) is 15.3 Å². The van der Waals surface area contributed by atoms with Crippen LogP contribution in [0.2, 0.25) is 0 Å². The summed E-state index contributed by atoms with van der Waals surface area (Å²) in [6.45, 7) is 1.95. The maximum atomic E-state index is 12.1. The molecule has 3 aromatic rings. The first-order chi connectivity index (χ1) is 11.6. The van der Waals surface area contributed by atoms with Crippen molar-refractivity contribution in [2.45, 2.75) is 13.0 Å². The number of amides is 1. The van der Waals surface area contributed by atoms with Crippen molar-refractivity contribution >= 4 is 38.9 Å². The Kier molecular flexibility index (Phi) is 5.01. The number of benzene rings is 2. The van der Waals surface area contributed by atoms with E-state index in [1.165, 1.54) is 6.08 Å². The lowest BCUT2D eigenvalue weighted by atomic mass is 10.1. The van der Waals surface area contributed by atoms with E-state index in [1.54, 1.807) is 12.3 Å². The van der Waals surface area contributed by atoms with Crippen LogP contribution >= 0.6 is 15.9 Å². The van der Waals surface area contributed by atoms with Gasteiger partial charge in [-0.15, -0.1) is 0 Å². The second-order valence-electron chi connectivity index (χ2n) is 5.40. The van der Waals surface area contributed by atoms with E-state index in [2.05, 4.69) is 31.2 Å². The first-order valence-corrected chi connectivity index (χ1v) is 8.37. The molecule has 3 rings (SSSR count). The third-order valence-corrected chi connectivity index (χ3v) is 4.13. The molecular weight excluding hydrogens is 366 g/mol. The smallest absolute Gasteiger partial charge is 0.244 e. The van der Waals surface area contributed by atoms with Crippen molar-refractivity contribution in [2.24, 2.45) is 0 Å². The van der Waals surface area contributed by atoms with E-state index >= 15 is 0 Å². The molecule has 0 radical (unpaired) electrons. The number of hydrogen-bond donors (Lipinski definition) is 1. The number of rotatable bonds is 4. The van der Waals surface area contributed by atoms with Gasteiger partial charge in [0.15, 0.2) is 0 Å². The van der Waals surface area contributed by atoms with Crippen molar-refractivity contribution in [3.63, 3.8) is 0 Å². The Morgan fingerprint density at radius 3 is 2.58 bits per heavy atom. The van der Waals surface area contributed by atoms with Gasteiger partial charge in [0.25, 0.3) is 0 Å². The second-order valence-corrected chi connectivity index (χ2v) is 6.31. The van der Waals surface area contributed by atoms with E-state index in [4.69, 9.17) is 0 Å². The summed E-state index contributed by atoms with van der Waals surface area (Å²) in [6, 6.07) is 15.4. The van der Waals surface area contributed by atoms with E-state index in [0.717, 1.165) is 21.1 Å². The molecule has 120 valence electrons. The normalized spacial score (nSPS) is 12.4. The van der Waals surface area contributed by atoms with Gasteiger partial charge in [-0.05, 0) is 42.8 Å². The largest absolute Gasteiger partial charge is 0.346 e. The fourth-order valence-electron chi connectivity index (χ4n) is 2.31. The third-order valence-electron chi connectivity index (χ3n) is 3.60. The third kappa shape index (κ3) is 4.06. The van der Waals surface area contributed by atoms with Crippen LogP contribution in [0.1, 0.15) is 24.2 Å². The number of carbonyl (C=O) groups is 1. The van der Waals surface area contributed by atoms with Gasteiger partial charge >= 0.3 is 0 Å². The maximum Gasteiger partial charge on any atom is 0.244 e. The average Bonchev–Trinajstić information content (AvgIpc) is 2.60. The molecule has 0 aliphatic rings. The molecule has 1 unspecified atom stereocenters. The summed E-state index contributed by atoms with van der Waals surface area (Å²) in [5.41, 5.74) is 3.34. The van der Waals surface area contributed by atoms with E-state index in [9.17, 15) is 4.79 Å². The van der Waals surface area contributed by atoms with Crippen LogP contribution in [0.4, 0.5) is 0 Å². The zero-order valence-corrected chi connectivity index (χ0v) is 14.7. The van der Waals surface area contributed by atoms with Crippen LogP contribution < -0.4 is 5.32 Å². The molecule has 0 fully saturated rings. The van der Waals surface area contributed by atoms with Gasteiger partial charge in [-0.1, -0.05) is 40.2 Å². The molecule has 0 bridgehead atoms. The highest BCUT2D eigenvalue weighted by molar-refractivity contribution is 9.10. The van der Waals surface area contributed by atoms with Crippen molar-refractivity contribution in [3.05, 3.63) is 76.5 Å². The van der Waals surface area contributed by atoms with Crippen LogP contribution in [0.25, 0.3) is 17.1 Å². The molecular formula is C19H16BrN3O. The Morgan fingerprint density at radius 2 is 1.83 bits per heavy atom. The summed E-state index contributed by atoms with van der Waals surface area (Å²) < 4.78 is 1.01. The van der Waals surface area contributed by atoms with E-state index in [-0.39, 0.29) is 11.9 Å². The van der Waals surface area contributed by atoms with Crippen molar-refractivity contribution in [1.29, 1.82) is 0 Å². The molecule has 0 aliphatic carbocycles. The maximum absolute atomic E-state index is 12.1.